The summed E-state index contributed by atoms with van der Waals surface area (Å²) in [6.45, 7) is 10.0. The molecule has 0 N–H and O–H groups in total. The summed E-state index contributed by atoms with van der Waals surface area (Å²) in [6.07, 6.45) is 0. The molecule has 136 valence electrons. The highest BCUT2D eigenvalue weighted by Crippen LogP contribution is 2.21. The van der Waals surface area contributed by atoms with Crippen molar-refractivity contribution < 1.29 is 4.79 Å². The molecule has 2 rings (SSSR count). The van der Waals surface area contributed by atoms with Crippen LogP contribution in [-0.4, -0.2) is 39.2 Å². The van der Waals surface area contributed by atoms with E-state index in [-0.39, 0.29) is 17.2 Å². The van der Waals surface area contributed by atoms with Crippen LogP contribution in [0, 0.1) is 5.92 Å². The van der Waals surface area contributed by atoms with Crippen molar-refractivity contribution in [2.45, 2.75) is 39.4 Å². The van der Waals surface area contributed by atoms with Gasteiger partial charge in [-0.3, -0.25) is 14.2 Å². The van der Waals surface area contributed by atoms with Gasteiger partial charge < -0.3 is 4.90 Å². The molecule has 0 radical (unpaired) electrons. The fourth-order valence-electron chi connectivity index (χ4n) is 2.60. The van der Waals surface area contributed by atoms with Crippen molar-refractivity contribution in [3.8, 4) is 0 Å². The molecule has 25 heavy (non-hydrogen) atoms. The summed E-state index contributed by atoms with van der Waals surface area (Å²) in [5.41, 5.74) is 0.601. The molecular weight excluding hydrogens is 402 g/mol. The summed E-state index contributed by atoms with van der Waals surface area (Å²) in [7, 11) is 0. The van der Waals surface area contributed by atoms with Crippen LogP contribution in [0.25, 0.3) is 10.9 Å². The molecule has 1 amide bonds. The Balaban J connectivity index is 2.41. The Labute approximate surface area is 160 Å². The third-order valence-electron chi connectivity index (χ3n) is 3.87. The van der Waals surface area contributed by atoms with E-state index in [1.807, 2.05) is 26.0 Å². The fourth-order valence-corrected chi connectivity index (χ4v) is 3.88. The van der Waals surface area contributed by atoms with Gasteiger partial charge in [0.05, 0.1) is 16.7 Å². The van der Waals surface area contributed by atoms with Crippen LogP contribution in [0.4, 0.5) is 0 Å². The van der Waals surface area contributed by atoms with Gasteiger partial charge in [-0.1, -0.05) is 41.5 Å². The van der Waals surface area contributed by atoms with E-state index in [9.17, 15) is 9.59 Å². The van der Waals surface area contributed by atoms with Crippen molar-refractivity contribution in [3.63, 3.8) is 0 Å². The van der Waals surface area contributed by atoms with Crippen LogP contribution < -0.4 is 5.56 Å². The number of hydrogen-bond donors (Lipinski definition) is 0. The molecule has 7 heteroatoms. The van der Waals surface area contributed by atoms with Crippen molar-refractivity contribution in [1.29, 1.82) is 0 Å². The minimum atomic E-state index is -0.0576. The first-order valence-corrected chi connectivity index (χ1v) is 10.3. The highest BCUT2D eigenvalue weighted by Gasteiger charge is 2.16. The molecule has 0 aliphatic heterocycles. The third kappa shape index (κ3) is 4.85. The second-order valence-electron chi connectivity index (χ2n) is 6.22. The molecule has 0 spiro atoms. The molecule has 0 fully saturated rings. The number of amides is 1. The maximum Gasteiger partial charge on any atom is 0.262 e. The Morgan fingerprint density at radius 1 is 1.32 bits per heavy atom. The second kappa shape index (κ2) is 8.85. The van der Waals surface area contributed by atoms with Crippen LogP contribution in [0.1, 0.15) is 27.7 Å². The highest BCUT2D eigenvalue weighted by atomic mass is 79.9. The van der Waals surface area contributed by atoms with Gasteiger partial charge in [-0.25, -0.2) is 4.98 Å². The summed E-state index contributed by atoms with van der Waals surface area (Å²) in [4.78, 5) is 31.6. The normalized spacial score (nSPS) is 11.3. The van der Waals surface area contributed by atoms with Crippen LogP contribution in [0.15, 0.2) is 32.6 Å². The molecule has 0 bridgehead atoms. The lowest BCUT2D eigenvalue weighted by Crippen LogP contribution is -2.32. The van der Waals surface area contributed by atoms with E-state index in [0.717, 1.165) is 4.47 Å². The van der Waals surface area contributed by atoms with Crippen molar-refractivity contribution in [2.75, 3.05) is 18.8 Å². The molecule has 1 aromatic carbocycles. The van der Waals surface area contributed by atoms with Crippen LogP contribution in [0.5, 0.6) is 0 Å². The average molecular weight is 426 g/mol. The number of rotatable bonds is 7. The lowest BCUT2D eigenvalue weighted by Gasteiger charge is -2.19. The minimum Gasteiger partial charge on any atom is -0.343 e. The molecule has 0 saturated heterocycles. The maximum atomic E-state index is 12.9. The number of thioether (sulfide) groups is 1. The summed E-state index contributed by atoms with van der Waals surface area (Å²) >= 11 is 4.75. The van der Waals surface area contributed by atoms with Gasteiger partial charge in [0.15, 0.2) is 5.16 Å². The number of aromatic nitrogens is 2. The highest BCUT2D eigenvalue weighted by molar-refractivity contribution is 9.10. The Kier molecular flexibility index (Phi) is 7.07. The van der Waals surface area contributed by atoms with E-state index in [4.69, 9.17) is 0 Å². The number of nitrogens with zero attached hydrogens (tertiary/aromatic N) is 3. The minimum absolute atomic E-state index is 0.0576. The molecule has 0 aliphatic carbocycles. The molecule has 2 aromatic rings. The number of carbonyl (C=O) groups is 1. The number of fused-ring (bicyclic) bond motifs is 1. The Morgan fingerprint density at radius 2 is 2.00 bits per heavy atom. The lowest BCUT2D eigenvalue weighted by atomic mass is 10.2. The zero-order valence-electron chi connectivity index (χ0n) is 15.1. The van der Waals surface area contributed by atoms with Gasteiger partial charge >= 0.3 is 0 Å². The van der Waals surface area contributed by atoms with Gasteiger partial charge in [-0.05, 0) is 38.0 Å². The molecule has 0 unspecified atom stereocenters. The quantitative estimate of drug-likeness (QED) is 0.500. The SMILES string of the molecule is CCN(CC)C(=O)CSc1nc2ccc(Br)cc2c(=O)n1CC(C)C. The summed E-state index contributed by atoms with van der Waals surface area (Å²) in [5, 5.41) is 1.20. The van der Waals surface area contributed by atoms with Gasteiger partial charge in [0.1, 0.15) is 0 Å². The Bertz CT molecular complexity index is 816. The monoisotopic (exact) mass is 425 g/mol. The molecule has 1 aromatic heterocycles. The van der Waals surface area contributed by atoms with Crippen molar-refractivity contribution in [3.05, 3.63) is 33.0 Å². The topological polar surface area (TPSA) is 55.2 Å². The van der Waals surface area contributed by atoms with Crippen molar-refractivity contribution >= 4 is 44.5 Å². The van der Waals surface area contributed by atoms with E-state index in [1.165, 1.54) is 11.8 Å². The molecular formula is C18H24BrN3O2S. The predicted octanol–water partition coefficient (Wildman–Crippen LogP) is 3.78. The Morgan fingerprint density at radius 3 is 2.60 bits per heavy atom. The number of benzene rings is 1. The molecule has 0 atom stereocenters. The third-order valence-corrected chi connectivity index (χ3v) is 5.32. The molecule has 1 heterocycles. The Hall–Kier alpha value is -1.34. The van der Waals surface area contributed by atoms with Crippen molar-refractivity contribution in [2.24, 2.45) is 5.92 Å². The molecule has 0 aliphatic rings. The average Bonchev–Trinajstić information content (AvgIpc) is 2.57. The number of halogens is 1. The first kappa shape index (κ1) is 20.0. The smallest absolute Gasteiger partial charge is 0.262 e. The summed E-state index contributed by atoms with van der Waals surface area (Å²) in [5.74, 6) is 0.659. The van der Waals surface area contributed by atoms with E-state index in [2.05, 4.69) is 34.8 Å². The van der Waals surface area contributed by atoms with Gasteiger partial charge in [0.2, 0.25) is 5.91 Å². The van der Waals surface area contributed by atoms with E-state index in [1.54, 1.807) is 15.5 Å². The standard InChI is InChI=1S/C18H24BrN3O2S/c1-5-21(6-2)16(23)11-25-18-20-15-8-7-13(19)9-14(15)17(24)22(18)10-12(3)4/h7-9,12H,5-6,10-11H2,1-4H3. The first-order valence-electron chi connectivity index (χ1n) is 8.48. The van der Waals surface area contributed by atoms with Gasteiger partial charge in [0, 0.05) is 24.1 Å². The summed E-state index contributed by atoms with van der Waals surface area (Å²) in [6, 6.07) is 5.50. The lowest BCUT2D eigenvalue weighted by molar-refractivity contribution is -0.127. The van der Waals surface area contributed by atoms with Gasteiger partial charge in [0.25, 0.3) is 5.56 Å². The fraction of sp³-hybridized carbons (Fsp3) is 0.500. The van der Waals surface area contributed by atoms with E-state index >= 15 is 0 Å². The molecule has 0 saturated carbocycles. The van der Waals surface area contributed by atoms with Crippen molar-refractivity contribution in [1.82, 2.24) is 14.5 Å². The van der Waals surface area contributed by atoms with Gasteiger partial charge in [-0.2, -0.15) is 0 Å². The second-order valence-corrected chi connectivity index (χ2v) is 8.08. The van der Waals surface area contributed by atoms with E-state index < -0.39 is 0 Å². The number of hydrogen-bond acceptors (Lipinski definition) is 4. The number of carbonyl (C=O) groups excluding carboxylic acids is 1. The van der Waals surface area contributed by atoms with Crippen LogP contribution in [0.2, 0.25) is 0 Å². The maximum absolute atomic E-state index is 12.9. The zero-order chi connectivity index (χ0) is 18.6. The largest absolute Gasteiger partial charge is 0.343 e. The summed E-state index contributed by atoms with van der Waals surface area (Å²) < 4.78 is 2.55. The molecule has 5 nitrogen and oxygen atoms in total. The van der Waals surface area contributed by atoms with Crippen LogP contribution in [0.3, 0.4) is 0 Å². The zero-order valence-corrected chi connectivity index (χ0v) is 17.5. The van der Waals surface area contributed by atoms with Crippen LogP contribution in [-0.2, 0) is 11.3 Å². The van der Waals surface area contributed by atoms with Crippen LogP contribution >= 0.6 is 27.7 Å². The predicted molar refractivity (Wildman–Crippen MR) is 107 cm³/mol. The van der Waals surface area contributed by atoms with Gasteiger partial charge in [-0.15, -0.1) is 0 Å². The first-order chi connectivity index (χ1) is 11.9. The van der Waals surface area contributed by atoms with E-state index in [0.29, 0.717) is 41.6 Å².